The highest BCUT2D eigenvalue weighted by Gasteiger charge is 2.63. The van der Waals surface area contributed by atoms with Gasteiger partial charge in [0, 0.05) is 0 Å². The maximum atomic E-state index is 7.24. The van der Waals surface area contributed by atoms with Gasteiger partial charge in [-0.15, -0.1) is 0 Å². The van der Waals surface area contributed by atoms with E-state index in [1.165, 1.54) is 0 Å². The van der Waals surface area contributed by atoms with Crippen molar-refractivity contribution in [1.82, 2.24) is 0 Å². The number of hydrogen-bond acceptors (Lipinski definition) is 5. The van der Waals surface area contributed by atoms with Crippen LogP contribution < -0.4 is 18.9 Å². The molecule has 0 spiro atoms. The third-order valence-electron chi connectivity index (χ3n) is 7.09. The Labute approximate surface area is 281 Å². The Hall–Kier alpha value is -2.22. The van der Waals surface area contributed by atoms with E-state index < -0.39 is 18.8 Å². The number of hydrogen-bond donors (Lipinski definition) is 0. The molecule has 0 aliphatic carbocycles. The number of benzene rings is 4. The van der Waals surface area contributed by atoms with Crippen LogP contribution in [0.5, 0.6) is 23.0 Å². The van der Waals surface area contributed by atoms with Crippen molar-refractivity contribution in [1.29, 1.82) is 0 Å². The molecular weight excluding hydrogens is 677 g/mol. The topological polar surface area (TPSA) is 46.2 Å². The minimum absolute atomic E-state index is 0.444. The van der Waals surface area contributed by atoms with Crippen molar-refractivity contribution in [2.75, 3.05) is 28.4 Å². The van der Waals surface area contributed by atoms with Crippen LogP contribution in [0.25, 0.3) is 0 Å². The SMILES string of the molecule is COc1ccc(C(OC(c2ccc(OC)cc2)(c2ccc(OC)cc2)C(Cl)(Cl)Cl)(c2ccc(OC)cc2)C(Cl)(Cl)Cl)cc1. The molecule has 11 heteroatoms. The number of halogens is 6. The minimum atomic E-state index is -2.18. The molecule has 5 nitrogen and oxygen atoms in total. The van der Waals surface area contributed by atoms with E-state index in [1.54, 1.807) is 126 Å². The van der Waals surface area contributed by atoms with Gasteiger partial charge < -0.3 is 23.7 Å². The molecular formula is C32H28Cl6O5. The van der Waals surface area contributed by atoms with E-state index in [-0.39, 0.29) is 0 Å². The Balaban J connectivity index is 2.15. The molecule has 0 aliphatic heterocycles. The number of alkyl halides is 6. The summed E-state index contributed by atoms with van der Waals surface area (Å²) in [5.74, 6) is 2.31. The third-order valence-corrected chi connectivity index (χ3v) is 8.69. The van der Waals surface area contributed by atoms with Crippen LogP contribution in [0.15, 0.2) is 97.1 Å². The average molecular weight is 705 g/mol. The van der Waals surface area contributed by atoms with Crippen LogP contribution in [-0.4, -0.2) is 36.0 Å². The lowest BCUT2D eigenvalue weighted by atomic mass is 9.82. The summed E-state index contributed by atoms with van der Waals surface area (Å²) in [6.45, 7) is 0. The van der Waals surface area contributed by atoms with Gasteiger partial charge in [-0.25, -0.2) is 0 Å². The second-order valence-electron chi connectivity index (χ2n) is 9.37. The zero-order valence-electron chi connectivity index (χ0n) is 23.5. The first-order chi connectivity index (χ1) is 20.4. The van der Waals surface area contributed by atoms with Crippen LogP contribution in [-0.2, 0) is 15.9 Å². The lowest BCUT2D eigenvalue weighted by molar-refractivity contribution is -0.123. The van der Waals surface area contributed by atoms with E-state index >= 15 is 0 Å². The largest absolute Gasteiger partial charge is 0.497 e. The molecule has 228 valence electrons. The van der Waals surface area contributed by atoms with Crippen molar-refractivity contribution >= 4 is 69.6 Å². The molecule has 0 saturated heterocycles. The molecule has 0 bridgehead atoms. The molecule has 0 N–H and O–H groups in total. The molecule has 0 aliphatic rings. The summed E-state index contributed by atoms with van der Waals surface area (Å²) >= 11 is 41.8. The Morgan fingerprint density at radius 1 is 0.349 bits per heavy atom. The highest BCUT2D eigenvalue weighted by atomic mass is 35.6. The van der Waals surface area contributed by atoms with Gasteiger partial charge in [0.15, 0.2) is 11.2 Å². The maximum Gasteiger partial charge on any atom is 0.227 e. The van der Waals surface area contributed by atoms with Crippen LogP contribution >= 0.6 is 69.6 Å². The fourth-order valence-electron chi connectivity index (χ4n) is 4.87. The molecule has 0 saturated carbocycles. The van der Waals surface area contributed by atoms with Crippen molar-refractivity contribution in [2.24, 2.45) is 0 Å². The van der Waals surface area contributed by atoms with E-state index in [4.69, 9.17) is 93.3 Å². The van der Waals surface area contributed by atoms with Crippen LogP contribution in [0, 0.1) is 0 Å². The smallest absolute Gasteiger partial charge is 0.227 e. The van der Waals surface area contributed by atoms with E-state index in [1.807, 2.05) is 0 Å². The second kappa shape index (κ2) is 13.4. The van der Waals surface area contributed by atoms with Gasteiger partial charge >= 0.3 is 0 Å². The Morgan fingerprint density at radius 2 is 0.535 bits per heavy atom. The summed E-state index contributed by atoms with van der Waals surface area (Å²) in [7, 11) is 6.22. The molecule has 4 rings (SSSR count). The zero-order chi connectivity index (χ0) is 31.5. The normalized spacial score (nSPS) is 12.5. The molecule has 0 atom stereocenters. The highest BCUT2D eigenvalue weighted by molar-refractivity contribution is 6.69. The predicted molar refractivity (Wildman–Crippen MR) is 175 cm³/mol. The van der Waals surface area contributed by atoms with Crippen LogP contribution in [0.2, 0.25) is 0 Å². The van der Waals surface area contributed by atoms with Crippen LogP contribution in [0.1, 0.15) is 22.3 Å². The Kier molecular flexibility index (Phi) is 10.5. The fraction of sp³-hybridized carbons (Fsp3) is 0.250. The Bertz CT molecular complexity index is 1270. The summed E-state index contributed by atoms with van der Waals surface area (Å²) in [6, 6.07) is 27.7. The van der Waals surface area contributed by atoms with Crippen LogP contribution in [0.4, 0.5) is 0 Å². The van der Waals surface area contributed by atoms with Crippen molar-refractivity contribution in [3.05, 3.63) is 119 Å². The standard InChI is InChI=1S/C32H28Cl6O5/c1-39-25-13-5-21(6-14-25)29(31(33,34)35,22-7-15-26(40-2)16-8-22)43-30(32(36,37)38,23-9-17-27(41-3)18-10-23)24-11-19-28(42-4)20-12-24/h5-20H,1-4H3. The van der Waals surface area contributed by atoms with Crippen LogP contribution in [0.3, 0.4) is 0 Å². The molecule has 43 heavy (non-hydrogen) atoms. The van der Waals surface area contributed by atoms with E-state index in [9.17, 15) is 0 Å². The van der Waals surface area contributed by atoms with Gasteiger partial charge in [0.25, 0.3) is 0 Å². The zero-order valence-corrected chi connectivity index (χ0v) is 28.1. The van der Waals surface area contributed by atoms with Gasteiger partial charge in [0.05, 0.1) is 28.4 Å². The number of rotatable bonds is 10. The van der Waals surface area contributed by atoms with E-state index in [0.717, 1.165) is 0 Å². The third kappa shape index (κ3) is 6.46. The van der Waals surface area contributed by atoms with Gasteiger partial charge in [-0.2, -0.15) is 0 Å². The summed E-state index contributed by atoms with van der Waals surface area (Å²) in [5.41, 5.74) is -2.00. The lowest BCUT2D eigenvalue weighted by Gasteiger charge is -2.50. The quantitative estimate of drug-likeness (QED) is 0.154. The van der Waals surface area contributed by atoms with Gasteiger partial charge in [-0.1, -0.05) is 118 Å². The molecule has 0 fully saturated rings. The first-order valence-electron chi connectivity index (χ1n) is 12.8. The molecule has 0 radical (unpaired) electrons. The minimum Gasteiger partial charge on any atom is -0.497 e. The molecule has 0 unspecified atom stereocenters. The van der Waals surface area contributed by atoms with Gasteiger partial charge in [0.1, 0.15) is 23.0 Å². The summed E-state index contributed by atoms with van der Waals surface area (Å²) in [5, 5.41) is 0. The van der Waals surface area contributed by atoms with Crippen molar-refractivity contribution in [2.45, 2.75) is 18.8 Å². The summed E-state index contributed by atoms with van der Waals surface area (Å²) in [4.78, 5) is 0. The monoisotopic (exact) mass is 702 g/mol. The molecule has 4 aromatic rings. The van der Waals surface area contributed by atoms with Crippen molar-refractivity contribution in [3.63, 3.8) is 0 Å². The number of methoxy groups -OCH3 is 4. The molecule has 0 amide bonds. The first-order valence-corrected chi connectivity index (χ1v) is 15.0. The highest BCUT2D eigenvalue weighted by Crippen LogP contribution is 2.61. The van der Waals surface area contributed by atoms with Gasteiger partial charge in [-0.05, 0) is 70.8 Å². The number of ether oxygens (including phenoxy) is 5. The Morgan fingerprint density at radius 3 is 0.674 bits per heavy atom. The van der Waals surface area contributed by atoms with Crippen molar-refractivity contribution < 1.29 is 23.7 Å². The average Bonchev–Trinajstić information content (AvgIpc) is 3.01. The summed E-state index contributed by atoms with van der Waals surface area (Å²) in [6.07, 6.45) is 0. The predicted octanol–water partition coefficient (Wildman–Crippen LogP) is 9.67. The molecule has 4 aromatic carbocycles. The summed E-state index contributed by atoms with van der Waals surface area (Å²) < 4.78 is 24.5. The van der Waals surface area contributed by atoms with Gasteiger partial charge in [0.2, 0.25) is 7.59 Å². The lowest BCUT2D eigenvalue weighted by Crippen LogP contribution is -2.55. The van der Waals surface area contributed by atoms with Crippen molar-refractivity contribution in [3.8, 4) is 23.0 Å². The van der Waals surface area contributed by atoms with E-state index in [2.05, 4.69) is 0 Å². The van der Waals surface area contributed by atoms with Gasteiger partial charge in [-0.3, -0.25) is 0 Å². The van der Waals surface area contributed by atoms with E-state index in [0.29, 0.717) is 45.3 Å². The maximum absolute atomic E-state index is 7.24. The fourth-order valence-corrected chi connectivity index (χ4v) is 6.41. The first kappa shape index (κ1) is 33.7. The molecule has 0 aromatic heterocycles. The second-order valence-corrected chi connectivity index (χ2v) is 13.9. The molecule has 0 heterocycles.